The van der Waals surface area contributed by atoms with Crippen molar-refractivity contribution in [1.29, 1.82) is 0 Å². The molecule has 3 heterocycles. The molecule has 5 nitrogen and oxygen atoms in total. The predicted octanol–water partition coefficient (Wildman–Crippen LogP) is 7.39. The summed E-state index contributed by atoms with van der Waals surface area (Å²) in [5, 5.41) is 13.0. The van der Waals surface area contributed by atoms with E-state index in [9.17, 15) is 0 Å². The summed E-state index contributed by atoms with van der Waals surface area (Å²) in [6, 6.07) is 32.4. The minimum atomic E-state index is -0.367. The fraction of sp³-hybridized carbons (Fsp3) is 0.103. The average molecular weight is 478 g/mol. The molecule has 0 spiro atoms. The van der Waals surface area contributed by atoms with Gasteiger partial charge in [-0.25, -0.2) is 5.01 Å². The lowest BCUT2D eigenvalue weighted by molar-refractivity contribution is -0.0189. The SMILES string of the molecule is Clc1ccc(-c2onc3ccc([C@H]4Oc5ccccc5[C@@H]5CC(c6ccccc6)=NN45)cc23)cc1. The zero-order chi connectivity index (χ0) is 23.4. The molecule has 0 amide bonds. The highest BCUT2D eigenvalue weighted by Gasteiger charge is 2.41. The molecular weight excluding hydrogens is 458 g/mol. The first kappa shape index (κ1) is 20.3. The van der Waals surface area contributed by atoms with Crippen molar-refractivity contribution in [1.82, 2.24) is 10.2 Å². The summed E-state index contributed by atoms with van der Waals surface area (Å²) in [5.74, 6) is 1.60. The number of aromatic nitrogens is 1. The Labute approximate surface area is 207 Å². The lowest BCUT2D eigenvalue weighted by Gasteiger charge is -2.38. The number of ether oxygens (including phenoxy) is 1. The highest BCUT2D eigenvalue weighted by Crippen LogP contribution is 2.48. The van der Waals surface area contributed by atoms with Gasteiger partial charge in [0.15, 0.2) is 5.76 Å². The van der Waals surface area contributed by atoms with Gasteiger partial charge in [0.1, 0.15) is 11.3 Å². The number of para-hydroxylation sites is 1. The Hall–Kier alpha value is -4.09. The summed E-state index contributed by atoms with van der Waals surface area (Å²) in [6.45, 7) is 0. The second-order valence-corrected chi connectivity index (χ2v) is 9.25. The highest BCUT2D eigenvalue weighted by atomic mass is 35.5. The molecule has 35 heavy (non-hydrogen) atoms. The van der Waals surface area contributed by atoms with Gasteiger partial charge in [0.25, 0.3) is 0 Å². The summed E-state index contributed by atoms with van der Waals surface area (Å²) in [4.78, 5) is 0. The number of fused-ring (bicyclic) bond motifs is 4. The van der Waals surface area contributed by atoms with E-state index in [1.807, 2.05) is 54.6 Å². The topological polar surface area (TPSA) is 50.9 Å². The molecule has 2 atom stereocenters. The van der Waals surface area contributed by atoms with E-state index >= 15 is 0 Å². The molecule has 0 N–H and O–H groups in total. The van der Waals surface area contributed by atoms with Gasteiger partial charge < -0.3 is 9.26 Å². The quantitative estimate of drug-likeness (QED) is 0.272. The number of nitrogens with zero attached hydrogens (tertiary/aromatic N) is 3. The Bertz CT molecular complexity index is 1580. The Kier molecular flexibility index (Phi) is 4.64. The van der Waals surface area contributed by atoms with Crippen molar-refractivity contribution in [3.05, 3.63) is 119 Å². The molecule has 0 unspecified atom stereocenters. The van der Waals surface area contributed by atoms with Crippen LogP contribution < -0.4 is 4.74 Å². The van der Waals surface area contributed by atoms with E-state index in [4.69, 9.17) is 26.0 Å². The minimum absolute atomic E-state index is 0.106. The standard InChI is InChI=1S/C29H20ClN3O2/c30-21-13-10-19(11-14-21)28-23-16-20(12-15-24(23)32-35-28)29-33-26(22-8-4-5-9-27(22)34-29)17-25(31-33)18-6-2-1-3-7-18/h1-16,26,29H,17H2/t26-,29+/m0/s1. The van der Waals surface area contributed by atoms with Crippen LogP contribution in [0.5, 0.6) is 5.75 Å². The van der Waals surface area contributed by atoms with Crippen LogP contribution in [0.4, 0.5) is 0 Å². The van der Waals surface area contributed by atoms with Gasteiger partial charge in [-0.05, 0) is 48.0 Å². The first-order valence-corrected chi connectivity index (χ1v) is 11.9. The van der Waals surface area contributed by atoms with Gasteiger partial charge in [0.2, 0.25) is 6.23 Å². The molecule has 2 aliphatic rings. The molecular formula is C29H20ClN3O2. The second-order valence-electron chi connectivity index (χ2n) is 8.82. The Morgan fingerprint density at radius 3 is 2.49 bits per heavy atom. The van der Waals surface area contributed by atoms with E-state index in [1.165, 1.54) is 0 Å². The lowest BCUT2D eigenvalue weighted by atomic mass is 9.95. The van der Waals surface area contributed by atoms with Crippen LogP contribution in [0.2, 0.25) is 5.02 Å². The van der Waals surface area contributed by atoms with E-state index in [1.54, 1.807) is 0 Å². The van der Waals surface area contributed by atoms with Gasteiger partial charge in [0, 0.05) is 28.1 Å². The fourth-order valence-corrected chi connectivity index (χ4v) is 5.11. The van der Waals surface area contributed by atoms with Crippen molar-refractivity contribution in [2.75, 3.05) is 0 Å². The van der Waals surface area contributed by atoms with Gasteiger partial charge >= 0.3 is 0 Å². The Balaban J connectivity index is 1.34. The van der Waals surface area contributed by atoms with E-state index in [0.717, 1.165) is 51.0 Å². The third-order valence-corrected chi connectivity index (χ3v) is 6.95. The maximum Gasteiger partial charge on any atom is 0.213 e. The lowest BCUT2D eigenvalue weighted by Crippen LogP contribution is -2.33. The van der Waals surface area contributed by atoms with Crippen LogP contribution in [0.25, 0.3) is 22.2 Å². The van der Waals surface area contributed by atoms with Crippen molar-refractivity contribution < 1.29 is 9.26 Å². The summed E-state index contributed by atoms with van der Waals surface area (Å²) >= 11 is 6.09. The molecule has 0 aliphatic carbocycles. The summed E-state index contributed by atoms with van der Waals surface area (Å²) in [7, 11) is 0. The Morgan fingerprint density at radius 2 is 1.63 bits per heavy atom. The van der Waals surface area contributed by atoms with E-state index in [-0.39, 0.29) is 12.3 Å². The first-order chi connectivity index (χ1) is 17.2. The van der Waals surface area contributed by atoms with Gasteiger partial charge in [-0.2, -0.15) is 5.10 Å². The molecule has 5 aromatic rings. The van der Waals surface area contributed by atoms with Crippen LogP contribution in [0.1, 0.15) is 35.4 Å². The molecule has 0 radical (unpaired) electrons. The van der Waals surface area contributed by atoms with Crippen LogP contribution in [0.15, 0.2) is 107 Å². The molecule has 0 saturated heterocycles. The number of halogens is 1. The monoisotopic (exact) mass is 477 g/mol. The van der Waals surface area contributed by atoms with Crippen LogP contribution in [0, 0.1) is 0 Å². The maximum atomic E-state index is 6.55. The van der Waals surface area contributed by atoms with Crippen molar-refractivity contribution in [3.8, 4) is 17.1 Å². The molecule has 0 saturated carbocycles. The number of benzene rings is 4. The van der Waals surface area contributed by atoms with Crippen LogP contribution in [0.3, 0.4) is 0 Å². The molecule has 170 valence electrons. The average Bonchev–Trinajstić information content (AvgIpc) is 3.54. The largest absolute Gasteiger partial charge is 0.464 e. The highest BCUT2D eigenvalue weighted by molar-refractivity contribution is 6.30. The first-order valence-electron chi connectivity index (χ1n) is 11.6. The minimum Gasteiger partial charge on any atom is -0.464 e. The van der Waals surface area contributed by atoms with Crippen LogP contribution >= 0.6 is 11.6 Å². The van der Waals surface area contributed by atoms with Crippen LogP contribution in [-0.4, -0.2) is 15.9 Å². The van der Waals surface area contributed by atoms with Crippen molar-refractivity contribution in [3.63, 3.8) is 0 Å². The second kappa shape index (κ2) is 8.00. The number of hydrogen-bond acceptors (Lipinski definition) is 5. The molecule has 1 aromatic heterocycles. The van der Waals surface area contributed by atoms with Gasteiger partial charge in [-0.15, -0.1) is 0 Å². The van der Waals surface area contributed by atoms with Gasteiger partial charge in [-0.3, -0.25) is 0 Å². The molecule has 4 aromatic carbocycles. The molecule has 0 fully saturated rings. The summed E-state index contributed by atoms with van der Waals surface area (Å²) in [5.41, 5.74) is 6.07. The summed E-state index contributed by atoms with van der Waals surface area (Å²) in [6.07, 6.45) is 0.459. The third kappa shape index (κ3) is 3.39. The maximum absolute atomic E-state index is 6.55. The number of hydrogen-bond donors (Lipinski definition) is 0. The van der Waals surface area contributed by atoms with Crippen molar-refractivity contribution in [2.45, 2.75) is 18.7 Å². The zero-order valence-electron chi connectivity index (χ0n) is 18.6. The Morgan fingerprint density at radius 1 is 0.829 bits per heavy atom. The molecule has 7 rings (SSSR count). The van der Waals surface area contributed by atoms with Crippen molar-refractivity contribution >= 4 is 28.2 Å². The summed E-state index contributed by atoms with van der Waals surface area (Å²) < 4.78 is 12.3. The molecule has 0 bridgehead atoms. The van der Waals surface area contributed by atoms with E-state index < -0.39 is 0 Å². The van der Waals surface area contributed by atoms with E-state index in [0.29, 0.717) is 10.8 Å². The normalized spacial score (nSPS) is 18.7. The molecule has 2 aliphatic heterocycles. The van der Waals surface area contributed by atoms with Gasteiger partial charge in [-0.1, -0.05) is 71.4 Å². The molecule has 6 heteroatoms. The van der Waals surface area contributed by atoms with Crippen LogP contribution in [-0.2, 0) is 0 Å². The van der Waals surface area contributed by atoms with Gasteiger partial charge in [0.05, 0.1) is 17.1 Å². The third-order valence-electron chi connectivity index (χ3n) is 6.70. The fourth-order valence-electron chi connectivity index (χ4n) is 4.98. The smallest absolute Gasteiger partial charge is 0.213 e. The van der Waals surface area contributed by atoms with E-state index in [2.05, 4.69) is 52.6 Å². The predicted molar refractivity (Wildman–Crippen MR) is 136 cm³/mol. The zero-order valence-corrected chi connectivity index (χ0v) is 19.4. The number of hydrazone groups is 1. The van der Waals surface area contributed by atoms with Crippen molar-refractivity contribution in [2.24, 2.45) is 5.10 Å². The number of rotatable bonds is 3.